The van der Waals surface area contributed by atoms with E-state index in [1.54, 1.807) is 11.3 Å². The maximum Gasteiger partial charge on any atom is 0.0864 e. The number of pyridine rings is 1. The maximum atomic E-state index is 4.43. The Labute approximate surface area is 124 Å². The summed E-state index contributed by atoms with van der Waals surface area (Å²) < 4.78 is 1.02. The fourth-order valence-corrected chi connectivity index (χ4v) is 3.12. The quantitative estimate of drug-likeness (QED) is 0.722. The van der Waals surface area contributed by atoms with E-state index >= 15 is 0 Å². The molecule has 0 atom stereocenters. The Morgan fingerprint density at radius 2 is 2.16 bits per heavy atom. The zero-order valence-electron chi connectivity index (χ0n) is 10.4. The molecule has 0 bridgehead atoms. The summed E-state index contributed by atoms with van der Waals surface area (Å²) in [5.74, 6) is 0. The summed E-state index contributed by atoms with van der Waals surface area (Å²) in [5.41, 5.74) is 5.11. The van der Waals surface area contributed by atoms with Gasteiger partial charge < -0.3 is 4.90 Å². The zero-order chi connectivity index (χ0) is 13.2. The number of rotatable bonds is 3. The summed E-state index contributed by atoms with van der Waals surface area (Å²) in [6.45, 7) is 0.801. The lowest BCUT2D eigenvalue weighted by molar-refractivity contribution is 0.898. The van der Waals surface area contributed by atoms with E-state index in [1.807, 2.05) is 29.9 Å². The number of thiazole rings is 1. The Bertz CT molecular complexity index is 697. The number of anilines is 1. The molecule has 1 aromatic carbocycles. The van der Waals surface area contributed by atoms with E-state index < -0.39 is 0 Å². The van der Waals surface area contributed by atoms with Gasteiger partial charge in [-0.05, 0) is 28.1 Å². The highest BCUT2D eigenvalue weighted by molar-refractivity contribution is 9.10. The fraction of sp³-hybridized carbons (Fsp3) is 0.143. The van der Waals surface area contributed by atoms with Crippen LogP contribution in [0.15, 0.2) is 45.8 Å². The second-order valence-electron chi connectivity index (χ2n) is 4.30. The van der Waals surface area contributed by atoms with Crippen LogP contribution < -0.4 is 4.90 Å². The first-order valence-corrected chi connectivity index (χ1v) is 7.61. The number of para-hydroxylation sites is 1. The molecule has 0 saturated heterocycles. The molecule has 0 radical (unpaired) electrons. The van der Waals surface area contributed by atoms with E-state index in [2.05, 4.69) is 49.3 Å². The van der Waals surface area contributed by atoms with E-state index in [1.165, 1.54) is 5.69 Å². The summed E-state index contributed by atoms with van der Waals surface area (Å²) in [7, 11) is 2.08. The van der Waals surface area contributed by atoms with Gasteiger partial charge in [0.1, 0.15) is 0 Å². The molecule has 0 unspecified atom stereocenters. The summed E-state index contributed by atoms with van der Waals surface area (Å²) in [5, 5.41) is 3.23. The Balaban J connectivity index is 2.02. The molecule has 0 aliphatic heterocycles. The number of halogens is 1. The average Bonchev–Trinajstić information content (AvgIpc) is 2.91. The molecule has 0 amide bonds. The molecule has 19 heavy (non-hydrogen) atoms. The van der Waals surface area contributed by atoms with Crippen LogP contribution in [0.25, 0.3) is 10.9 Å². The van der Waals surface area contributed by atoms with Crippen LogP contribution in [0.4, 0.5) is 5.69 Å². The molecule has 2 aromatic heterocycles. The molecule has 3 aromatic rings. The van der Waals surface area contributed by atoms with Gasteiger partial charge in [0.05, 0.1) is 23.3 Å². The van der Waals surface area contributed by atoms with E-state index in [4.69, 9.17) is 0 Å². The van der Waals surface area contributed by atoms with Gasteiger partial charge in [-0.15, -0.1) is 11.3 Å². The summed E-state index contributed by atoms with van der Waals surface area (Å²) in [4.78, 5) is 11.0. The minimum absolute atomic E-state index is 0.801. The van der Waals surface area contributed by atoms with Crippen LogP contribution in [0.5, 0.6) is 0 Å². The van der Waals surface area contributed by atoms with Crippen molar-refractivity contribution in [3.05, 3.63) is 51.5 Å². The first kappa shape index (κ1) is 12.6. The van der Waals surface area contributed by atoms with Gasteiger partial charge in [0.25, 0.3) is 0 Å². The predicted molar refractivity (Wildman–Crippen MR) is 83.7 cm³/mol. The number of hydrogen-bond acceptors (Lipinski definition) is 4. The van der Waals surface area contributed by atoms with E-state index in [0.29, 0.717) is 0 Å². The van der Waals surface area contributed by atoms with Gasteiger partial charge in [0.2, 0.25) is 0 Å². The van der Waals surface area contributed by atoms with E-state index in [9.17, 15) is 0 Å². The van der Waals surface area contributed by atoms with Crippen molar-refractivity contribution in [2.75, 3.05) is 11.9 Å². The molecule has 2 heterocycles. The Kier molecular flexibility index (Phi) is 3.48. The van der Waals surface area contributed by atoms with Gasteiger partial charge in [-0.25, -0.2) is 4.98 Å². The topological polar surface area (TPSA) is 29.0 Å². The largest absolute Gasteiger partial charge is 0.368 e. The summed E-state index contributed by atoms with van der Waals surface area (Å²) in [6, 6.07) is 8.19. The van der Waals surface area contributed by atoms with E-state index in [0.717, 1.165) is 27.6 Å². The highest BCUT2D eigenvalue weighted by atomic mass is 79.9. The van der Waals surface area contributed by atoms with Crippen LogP contribution in [0.1, 0.15) is 5.69 Å². The summed E-state index contributed by atoms with van der Waals surface area (Å²) >= 11 is 5.17. The predicted octanol–water partition coefficient (Wildman–Crippen LogP) is 4.09. The first-order valence-electron chi connectivity index (χ1n) is 5.87. The maximum absolute atomic E-state index is 4.43. The van der Waals surface area contributed by atoms with Crippen molar-refractivity contribution in [3.8, 4) is 0 Å². The second kappa shape index (κ2) is 5.27. The zero-order valence-corrected chi connectivity index (χ0v) is 12.8. The SMILES string of the molecule is CN(Cc1cscn1)c1ccnc2c(Br)cccc12. The molecule has 0 N–H and O–H groups in total. The number of benzene rings is 1. The Morgan fingerprint density at radius 1 is 1.26 bits per heavy atom. The standard InChI is InChI=1S/C14H12BrN3S/c1-18(7-10-8-19-9-17-10)13-5-6-16-14-11(13)3-2-4-12(14)15/h2-6,8-9H,7H2,1H3. The number of fused-ring (bicyclic) bond motifs is 1. The number of aromatic nitrogens is 2. The molecule has 0 saturated carbocycles. The van der Waals surface area contributed by atoms with Gasteiger partial charge in [-0.3, -0.25) is 4.98 Å². The van der Waals surface area contributed by atoms with Crippen LogP contribution in [0.3, 0.4) is 0 Å². The van der Waals surface area contributed by atoms with Crippen LogP contribution >= 0.6 is 27.3 Å². The average molecular weight is 334 g/mol. The monoisotopic (exact) mass is 333 g/mol. The normalized spacial score (nSPS) is 10.8. The van der Waals surface area contributed by atoms with Crippen molar-refractivity contribution in [1.82, 2.24) is 9.97 Å². The van der Waals surface area contributed by atoms with Crippen LogP contribution in [0.2, 0.25) is 0 Å². The minimum atomic E-state index is 0.801. The fourth-order valence-electron chi connectivity index (χ4n) is 2.10. The molecular formula is C14H12BrN3S. The lowest BCUT2D eigenvalue weighted by Gasteiger charge is -2.20. The smallest absolute Gasteiger partial charge is 0.0864 e. The Morgan fingerprint density at radius 3 is 2.95 bits per heavy atom. The van der Waals surface area contributed by atoms with Crippen molar-refractivity contribution in [2.24, 2.45) is 0 Å². The first-order chi connectivity index (χ1) is 9.25. The molecule has 96 valence electrons. The second-order valence-corrected chi connectivity index (χ2v) is 5.87. The third-order valence-corrected chi connectivity index (χ3v) is 4.27. The Hall–Kier alpha value is -1.46. The van der Waals surface area contributed by atoms with Gasteiger partial charge in [-0.2, -0.15) is 0 Å². The highest BCUT2D eigenvalue weighted by Gasteiger charge is 2.09. The lowest BCUT2D eigenvalue weighted by Crippen LogP contribution is -2.17. The molecule has 5 heteroatoms. The van der Waals surface area contributed by atoms with Gasteiger partial charge in [0.15, 0.2) is 0 Å². The van der Waals surface area contributed by atoms with Gasteiger partial charge in [-0.1, -0.05) is 12.1 Å². The third-order valence-electron chi connectivity index (χ3n) is 2.99. The molecule has 0 aliphatic rings. The van der Waals surface area contributed by atoms with Crippen molar-refractivity contribution in [1.29, 1.82) is 0 Å². The molecule has 0 aliphatic carbocycles. The van der Waals surface area contributed by atoms with Crippen LogP contribution in [-0.4, -0.2) is 17.0 Å². The van der Waals surface area contributed by atoms with E-state index in [-0.39, 0.29) is 0 Å². The van der Waals surface area contributed by atoms with Crippen molar-refractivity contribution in [3.63, 3.8) is 0 Å². The van der Waals surface area contributed by atoms with Gasteiger partial charge in [0, 0.05) is 34.2 Å². The number of hydrogen-bond donors (Lipinski definition) is 0. The molecule has 0 spiro atoms. The minimum Gasteiger partial charge on any atom is -0.368 e. The van der Waals surface area contributed by atoms with Crippen LogP contribution in [0, 0.1) is 0 Å². The van der Waals surface area contributed by atoms with Crippen molar-refractivity contribution >= 4 is 43.9 Å². The van der Waals surface area contributed by atoms with Crippen LogP contribution in [-0.2, 0) is 6.54 Å². The molecule has 0 fully saturated rings. The third kappa shape index (κ3) is 2.48. The molecular weight excluding hydrogens is 322 g/mol. The summed E-state index contributed by atoms with van der Waals surface area (Å²) in [6.07, 6.45) is 1.85. The highest BCUT2D eigenvalue weighted by Crippen LogP contribution is 2.29. The van der Waals surface area contributed by atoms with Crippen molar-refractivity contribution < 1.29 is 0 Å². The lowest BCUT2D eigenvalue weighted by atomic mass is 10.1. The van der Waals surface area contributed by atoms with Gasteiger partial charge >= 0.3 is 0 Å². The number of nitrogens with zero attached hydrogens (tertiary/aromatic N) is 3. The molecule has 3 nitrogen and oxygen atoms in total. The van der Waals surface area contributed by atoms with Crippen molar-refractivity contribution in [2.45, 2.75) is 6.54 Å². The molecule has 3 rings (SSSR count).